The summed E-state index contributed by atoms with van der Waals surface area (Å²) < 4.78 is 5.36. The minimum Gasteiger partial charge on any atom is -0.469 e. The Morgan fingerprint density at radius 3 is 2.62 bits per heavy atom. The first-order chi connectivity index (χ1) is 10.2. The molecule has 1 aromatic rings. The highest BCUT2D eigenvalue weighted by Crippen LogP contribution is 2.17. The highest BCUT2D eigenvalue weighted by Gasteiger charge is 2.27. The maximum absolute atomic E-state index is 12.5. The molecule has 0 bridgehead atoms. The fraction of sp³-hybridized carbons (Fsp3) is 0.688. The predicted molar refractivity (Wildman–Crippen MR) is 83.3 cm³/mol. The van der Waals surface area contributed by atoms with Crippen LogP contribution in [0.4, 0.5) is 0 Å². The molecule has 5 nitrogen and oxygen atoms in total. The Labute approximate surface area is 127 Å². The van der Waals surface area contributed by atoms with Crippen molar-refractivity contribution in [3.05, 3.63) is 23.7 Å². The van der Waals surface area contributed by atoms with Crippen LogP contribution in [0.15, 0.2) is 16.7 Å². The van der Waals surface area contributed by atoms with E-state index in [1.165, 1.54) is 0 Å². The average molecular weight is 293 g/mol. The number of amides is 1. The van der Waals surface area contributed by atoms with Gasteiger partial charge in [-0.25, -0.2) is 0 Å². The summed E-state index contributed by atoms with van der Waals surface area (Å²) in [6, 6.07) is 2.24. The van der Waals surface area contributed by atoms with Crippen molar-refractivity contribution in [2.75, 3.05) is 32.7 Å². The van der Waals surface area contributed by atoms with Gasteiger partial charge < -0.3 is 15.1 Å². The molecule has 2 heterocycles. The van der Waals surface area contributed by atoms with Gasteiger partial charge in [0, 0.05) is 45.2 Å². The lowest BCUT2D eigenvalue weighted by Gasteiger charge is -2.39. The van der Waals surface area contributed by atoms with Crippen LogP contribution in [-0.2, 0) is 6.42 Å². The molecule has 1 saturated heterocycles. The van der Waals surface area contributed by atoms with Crippen LogP contribution in [0.25, 0.3) is 0 Å². The van der Waals surface area contributed by atoms with E-state index in [4.69, 9.17) is 10.2 Å². The van der Waals surface area contributed by atoms with Crippen LogP contribution in [0.5, 0.6) is 0 Å². The van der Waals surface area contributed by atoms with Gasteiger partial charge in [-0.3, -0.25) is 9.69 Å². The third kappa shape index (κ3) is 3.66. The van der Waals surface area contributed by atoms with Gasteiger partial charge in [0.25, 0.3) is 5.91 Å². The zero-order valence-corrected chi connectivity index (χ0v) is 13.2. The third-order valence-corrected chi connectivity index (χ3v) is 4.31. The number of furan rings is 1. The number of rotatable bonds is 6. The molecular formula is C16H27N3O2. The SMILES string of the molecule is CCCC(CN)N1CCN(C(=O)c2ccoc2CC)CC1. The van der Waals surface area contributed by atoms with E-state index in [9.17, 15) is 4.79 Å². The molecule has 0 spiro atoms. The highest BCUT2D eigenvalue weighted by molar-refractivity contribution is 5.95. The zero-order valence-electron chi connectivity index (χ0n) is 13.2. The number of piperazine rings is 1. The second kappa shape index (κ2) is 7.61. The van der Waals surface area contributed by atoms with Crippen LogP contribution in [0.3, 0.4) is 0 Å². The minimum absolute atomic E-state index is 0.0973. The zero-order chi connectivity index (χ0) is 15.2. The first-order valence-corrected chi connectivity index (χ1v) is 8.01. The van der Waals surface area contributed by atoms with Crippen molar-refractivity contribution < 1.29 is 9.21 Å². The summed E-state index contributed by atoms with van der Waals surface area (Å²) in [4.78, 5) is 16.9. The summed E-state index contributed by atoms with van der Waals surface area (Å²) in [5, 5.41) is 0. The molecule has 1 aromatic heterocycles. The number of carbonyl (C=O) groups excluding carboxylic acids is 1. The van der Waals surface area contributed by atoms with Crippen molar-refractivity contribution >= 4 is 5.91 Å². The van der Waals surface area contributed by atoms with Crippen molar-refractivity contribution in [3.63, 3.8) is 0 Å². The lowest BCUT2D eigenvalue weighted by molar-refractivity contribution is 0.0564. The summed E-state index contributed by atoms with van der Waals surface area (Å²) in [5.74, 6) is 0.883. The van der Waals surface area contributed by atoms with Crippen LogP contribution in [0.1, 0.15) is 42.8 Å². The number of carbonyl (C=O) groups is 1. The average Bonchev–Trinajstić information content (AvgIpc) is 3.00. The van der Waals surface area contributed by atoms with Crippen LogP contribution in [0.2, 0.25) is 0 Å². The lowest BCUT2D eigenvalue weighted by Crippen LogP contribution is -2.53. The number of hydrogen-bond donors (Lipinski definition) is 1. The lowest BCUT2D eigenvalue weighted by atomic mass is 10.1. The molecule has 21 heavy (non-hydrogen) atoms. The van der Waals surface area contributed by atoms with Gasteiger partial charge in [0.05, 0.1) is 11.8 Å². The molecule has 1 atom stereocenters. The first kappa shape index (κ1) is 16.0. The molecule has 2 rings (SSSR count). The second-order valence-electron chi connectivity index (χ2n) is 5.62. The van der Waals surface area contributed by atoms with Gasteiger partial charge in [-0.2, -0.15) is 0 Å². The predicted octanol–water partition coefficient (Wildman–Crippen LogP) is 1.73. The van der Waals surface area contributed by atoms with E-state index in [1.807, 2.05) is 11.8 Å². The van der Waals surface area contributed by atoms with Crippen molar-refractivity contribution in [1.29, 1.82) is 0 Å². The molecule has 1 unspecified atom stereocenters. The molecule has 0 saturated carbocycles. The summed E-state index contributed by atoms with van der Waals surface area (Å²) >= 11 is 0. The van der Waals surface area contributed by atoms with Crippen LogP contribution >= 0.6 is 0 Å². The standard InChI is InChI=1S/C16H27N3O2/c1-3-5-13(12-17)18-7-9-19(10-8-18)16(20)14-6-11-21-15(14)4-2/h6,11,13H,3-5,7-10,12,17H2,1-2H3. The Bertz CT molecular complexity index is 450. The molecule has 1 aliphatic heterocycles. The van der Waals surface area contributed by atoms with E-state index in [2.05, 4.69) is 11.8 Å². The topological polar surface area (TPSA) is 62.7 Å². The van der Waals surface area contributed by atoms with E-state index in [0.717, 1.165) is 56.8 Å². The van der Waals surface area contributed by atoms with E-state index in [0.29, 0.717) is 12.6 Å². The maximum Gasteiger partial charge on any atom is 0.257 e. The fourth-order valence-electron chi connectivity index (χ4n) is 3.05. The number of nitrogens with two attached hydrogens (primary N) is 1. The van der Waals surface area contributed by atoms with Gasteiger partial charge in [-0.05, 0) is 12.5 Å². The maximum atomic E-state index is 12.5. The van der Waals surface area contributed by atoms with E-state index in [1.54, 1.807) is 12.3 Å². The van der Waals surface area contributed by atoms with Crippen molar-refractivity contribution in [3.8, 4) is 0 Å². The largest absolute Gasteiger partial charge is 0.469 e. The Morgan fingerprint density at radius 1 is 1.33 bits per heavy atom. The van der Waals surface area contributed by atoms with Gasteiger partial charge in [0.2, 0.25) is 0 Å². The molecule has 2 N–H and O–H groups in total. The molecule has 0 aliphatic carbocycles. The monoisotopic (exact) mass is 293 g/mol. The van der Waals surface area contributed by atoms with E-state index >= 15 is 0 Å². The number of nitrogens with zero attached hydrogens (tertiary/aromatic N) is 2. The minimum atomic E-state index is 0.0973. The summed E-state index contributed by atoms with van der Waals surface area (Å²) in [6.45, 7) is 8.25. The second-order valence-corrected chi connectivity index (χ2v) is 5.62. The van der Waals surface area contributed by atoms with Gasteiger partial charge in [-0.1, -0.05) is 20.3 Å². The molecule has 0 radical (unpaired) electrons. The molecule has 5 heteroatoms. The summed E-state index contributed by atoms with van der Waals surface area (Å²) in [6.07, 6.45) is 4.63. The Balaban J connectivity index is 1.93. The van der Waals surface area contributed by atoms with Crippen molar-refractivity contribution in [2.24, 2.45) is 5.73 Å². The van der Waals surface area contributed by atoms with Crippen LogP contribution in [0, 0.1) is 0 Å². The van der Waals surface area contributed by atoms with Crippen molar-refractivity contribution in [2.45, 2.75) is 39.2 Å². The van der Waals surface area contributed by atoms with Gasteiger partial charge in [-0.15, -0.1) is 0 Å². The van der Waals surface area contributed by atoms with Gasteiger partial charge in [0.1, 0.15) is 5.76 Å². The first-order valence-electron chi connectivity index (χ1n) is 8.01. The third-order valence-electron chi connectivity index (χ3n) is 4.31. The number of aryl methyl sites for hydroxylation is 1. The molecule has 118 valence electrons. The quantitative estimate of drug-likeness (QED) is 0.867. The molecule has 1 aliphatic rings. The Kier molecular flexibility index (Phi) is 5.82. The fourth-order valence-corrected chi connectivity index (χ4v) is 3.05. The molecule has 1 amide bonds. The van der Waals surface area contributed by atoms with Crippen molar-refractivity contribution in [1.82, 2.24) is 9.80 Å². The summed E-state index contributed by atoms with van der Waals surface area (Å²) in [5.41, 5.74) is 6.58. The van der Waals surface area contributed by atoms with Gasteiger partial charge in [0.15, 0.2) is 0 Å². The molecular weight excluding hydrogens is 266 g/mol. The highest BCUT2D eigenvalue weighted by atomic mass is 16.3. The van der Waals surface area contributed by atoms with Gasteiger partial charge >= 0.3 is 0 Å². The van der Waals surface area contributed by atoms with E-state index < -0.39 is 0 Å². The van der Waals surface area contributed by atoms with E-state index in [-0.39, 0.29) is 5.91 Å². The van der Waals surface area contributed by atoms with Crippen LogP contribution in [-0.4, -0.2) is 54.5 Å². The smallest absolute Gasteiger partial charge is 0.257 e. The van der Waals surface area contributed by atoms with Crippen LogP contribution < -0.4 is 5.73 Å². The number of hydrogen-bond acceptors (Lipinski definition) is 4. The summed E-state index contributed by atoms with van der Waals surface area (Å²) in [7, 11) is 0. The molecule has 0 aromatic carbocycles. The Hall–Kier alpha value is -1.33. The molecule has 1 fully saturated rings. The normalized spacial score (nSPS) is 18.0. The Morgan fingerprint density at radius 2 is 2.05 bits per heavy atom.